The summed E-state index contributed by atoms with van der Waals surface area (Å²) in [5, 5.41) is 7.94. The van der Waals surface area contributed by atoms with Gasteiger partial charge in [0.25, 0.3) is 0 Å². The number of nitrogens with zero attached hydrogens (tertiary/aromatic N) is 2. The van der Waals surface area contributed by atoms with Gasteiger partial charge in [0, 0.05) is 4.75 Å². The Bertz CT molecular complexity index is 258. The van der Waals surface area contributed by atoms with Gasteiger partial charge in [-0.2, -0.15) is 0 Å². The van der Waals surface area contributed by atoms with E-state index in [0.717, 1.165) is 4.34 Å². The highest BCUT2D eigenvalue weighted by atomic mass is 32.2. The second-order valence-electron chi connectivity index (χ2n) is 4.38. The molecule has 0 aliphatic heterocycles. The second kappa shape index (κ2) is 6.48. The SMILES string of the molecule is CCCCCCC(C)(C)Sc1nncs1. The molecule has 1 rings (SSSR count). The molecule has 86 valence electrons. The fourth-order valence-corrected chi connectivity index (χ4v) is 3.56. The molecule has 4 heteroatoms. The summed E-state index contributed by atoms with van der Waals surface area (Å²) in [4.78, 5) is 0. The van der Waals surface area contributed by atoms with Crippen molar-refractivity contribution in [3.05, 3.63) is 5.51 Å². The maximum absolute atomic E-state index is 4.08. The molecule has 0 radical (unpaired) electrons. The number of hydrogen-bond donors (Lipinski definition) is 0. The van der Waals surface area contributed by atoms with Crippen molar-refractivity contribution >= 4 is 23.1 Å². The number of thioether (sulfide) groups is 1. The first-order valence-electron chi connectivity index (χ1n) is 5.59. The highest BCUT2D eigenvalue weighted by molar-refractivity contribution is 8.02. The first-order valence-corrected chi connectivity index (χ1v) is 7.29. The van der Waals surface area contributed by atoms with Crippen molar-refractivity contribution < 1.29 is 0 Å². The molecular weight excluding hydrogens is 224 g/mol. The Balaban J connectivity index is 2.25. The summed E-state index contributed by atoms with van der Waals surface area (Å²) in [5.41, 5.74) is 1.80. The zero-order valence-corrected chi connectivity index (χ0v) is 11.5. The van der Waals surface area contributed by atoms with Gasteiger partial charge >= 0.3 is 0 Å². The lowest BCUT2D eigenvalue weighted by Gasteiger charge is -2.22. The van der Waals surface area contributed by atoms with Crippen molar-refractivity contribution in [3.8, 4) is 0 Å². The van der Waals surface area contributed by atoms with E-state index in [1.165, 1.54) is 32.1 Å². The van der Waals surface area contributed by atoms with Crippen LogP contribution in [0.5, 0.6) is 0 Å². The summed E-state index contributed by atoms with van der Waals surface area (Å²) in [6.07, 6.45) is 6.62. The Morgan fingerprint density at radius 2 is 2.13 bits per heavy atom. The van der Waals surface area contributed by atoms with Gasteiger partial charge in [0.1, 0.15) is 5.51 Å². The third kappa shape index (κ3) is 5.52. The Labute approximate surface area is 101 Å². The van der Waals surface area contributed by atoms with E-state index in [1.807, 2.05) is 11.8 Å². The van der Waals surface area contributed by atoms with Crippen molar-refractivity contribution in [3.63, 3.8) is 0 Å². The lowest BCUT2D eigenvalue weighted by atomic mass is 10.0. The predicted octanol–water partition coefficient (Wildman–Crippen LogP) is 4.38. The van der Waals surface area contributed by atoms with E-state index in [-0.39, 0.29) is 0 Å². The van der Waals surface area contributed by atoms with Gasteiger partial charge in [-0.1, -0.05) is 69.6 Å². The minimum Gasteiger partial charge on any atom is -0.146 e. The van der Waals surface area contributed by atoms with Gasteiger partial charge in [-0.25, -0.2) is 0 Å². The third-order valence-corrected chi connectivity index (χ3v) is 4.37. The summed E-state index contributed by atoms with van der Waals surface area (Å²) in [6.45, 7) is 6.84. The zero-order valence-electron chi connectivity index (χ0n) is 9.82. The standard InChI is InChI=1S/C11H20N2S2/c1-4-5-6-7-8-11(2,3)15-10-13-12-9-14-10/h9H,4-8H2,1-3H3. The van der Waals surface area contributed by atoms with Crippen LogP contribution in [0, 0.1) is 0 Å². The molecule has 0 spiro atoms. The second-order valence-corrected chi connectivity index (χ2v) is 7.16. The molecule has 0 N–H and O–H groups in total. The van der Waals surface area contributed by atoms with Crippen molar-refractivity contribution in [1.29, 1.82) is 0 Å². The van der Waals surface area contributed by atoms with Crippen LogP contribution in [0.25, 0.3) is 0 Å². The Hall–Kier alpha value is -0.0900. The number of aromatic nitrogens is 2. The van der Waals surface area contributed by atoms with E-state index in [2.05, 4.69) is 31.0 Å². The predicted molar refractivity (Wildman–Crippen MR) is 68.6 cm³/mol. The molecule has 0 atom stereocenters. The lowest BCUT2D eigenvalue weighted by molar-refractivity contribution is 0.559. The molecule has 1 aromatic heterocycles. The van der Waals surface area contributed by atoms with E-state index in [4.69, 9.17) is 0 Å². The summed E-state index contributed by atoms with van der Waals surface area (Å²) >= 11 is 3.49. The highest BCUT2D eigenvalue weighted by Crippen LogP contribution is 2.36. The van der Waals surface area contributed by atoms with Gasteiger partial charge in [0.05, 0.1) is 0 Å². The normalized spacial score (nSPS) is 11.9. The van der Waals surface area contributed by atoms with E-state index in [1.54, 1.807) is 16.8 Å². The monoisotopic (exact) mass is 244 g/mol. The van der Waals surface area contributed by atoms with Crippen molar-refractivity contribution in [1.82, 2.24) is 10.2 Å². The van der Waals surface area contributed by atoms with Gasteiger partial charge < -0.3 is 0 Å². The minimum atomic E-state index is 0.299. The fraction of sp³-hybridized carbons (Fsp3) is 0.818. The molecule has 0 bridgehead atoms. The van der Waals surface area contributed by atoms with E-state index >= 15 is 0 Å². The van der Waals surface area contributed by atoms with Gasteiger partial charge in [-0.15, -0.1) is 10.2 Å². The number of hydrogen-bond acceptors (Lipinski definition) is 4. The fourth-order valence-electron chi connectivity index (χ4n) is 1.47. The van der Waals surface area contributed by atoms with Crippen LogP contribution in [0.2, 0.25) is 0 Å². The molecule has 2 nitrogen and oxygen atoms in total. The number of unbranched alkanes of at least 4 members (excludes halogenated alkanes) is 3. The van der Waals surface area contributed by atoms with E-state index in [0.29, 0.717) is 4.75 Å². The minimum absolute atomic E-state index is 0.299. The summed E-state index contributed by atoms with van der Waals surface area (Å²) in [7, 11) is 0. The molecule has 0 saturated carbocycles. The molecule has 0 aliphatic rings. The third-order valence-electron chi connectivity index (χ3n) is 2.34. The highest BCUT2D eigenvalue weighted by Gasteiger charge is 2.20. The van der Waals surface area contributed by atoms with Gasteiger partial charge in [-0.05, 0) is 6.42 Å². The molecular formula is C11H20N2S2. The topological polar surface area (TPSA) is 25.8 Å². The Kier molecular flexibility index (Phi) is 5.61. The molecule has 1 aromatic rings. The first kappa shape index (κ1) is 13.0. The van der Waals surface area contributed by atoms with Crippen LogP contribution in [0.1, 0.15) is 52.9 Å². The average Bonchev–Trinajstić information content (AvgIpc) is 2.64. The first-order chi connectivity index (χ1) is 7.14. The smallest absolute Gasteiger partial charge is 0.146 e. The van der Waals surface area contributed by atoms with Crippen LogP contribution in [0.15, 0.2) is 9.85 Å². The molecule has 1 heterocycles. The van der Waals surface area contributed by atoms with Crippen LogP contribution in [0.4, 0.5) is 0 Å². The van der Waals surface area contributed by atoms with Crippen LogP contribution in [0.3, 0.4) is 0 Å². The van der Waals surface area contributed by atoms with Gasteiger partial charge in [0.2, 0.25) is 0 Å². The van der Waals surface area contributed by atoms with Crippen LogP contribution in [-0.4, -0.2) is 14.9 Å². The van der Waals surface area contributed by atoms with Crippen molar-refractivity contribution in [2.24, 2.45) is 0 Å². The lowest BCUT2D eigenvalue weighted by Crippen LogP contribution is -2.13. The van der Waals surface area contributed by atoms with E-state index in [9.17, 15) is 0 Å². The van der Waals surface area contributed by atoms with Crippen LogP contribution in [-0.2, 0) is 0 Å². The summed E-state index contributed by atoms with van der Waals surface area (Å²) in [5.74, 6) is 0. The Morgan fingerprint density at radius 3 is 2.73 bits per heavy atom. The van der Waals surface area contributed by atoms with E-state index < -0.39 is 0 Å². The molecule has 0 aromatic carbocycles. The van der Waals surface area contributed by atoms with Crippen molar-refractivity contribution in [2.45, 2.75) is 62.0 Å². The number of rotatable bonds is 7. The summed E-state index contributed by atoms with van der Waals surface area (Å²) in [6, 6.07) is 0. The van der Waals surface area contributed by atoms with Gasteiger partial charge in [-0.3, -0.25) is 0 Å². The molecule has 0 fully saturated rings. The quantitative estimate of drug-likeness (QED) is 0.526. The van der Waals surface area contributed by atoms with Crippen LogP contribution >= 0.6 is 23.1 Å². The zero-order chi connectivity index (χ0) is 11.1. The maximum atomic E-state index is 4.08. The van der Waals surface area contributed by atoms with Crippen molar-refractivity contribution in [2.75, 3.05) is 0 Å². The molecule has 0 amide bonds. The largest absolute Gasteiger partial charge is 0.174 e. The maximum Gasteiger partial charge on any atom is 0.174 e. The molecule has 0 saturated heterocycles. The van der Waals surface area contributed by atoms with Gasteiger partial charge in [0.15, 0.2) is 4.34 Å². The Morgan fingerprint density at radius 1 is 1.33 bits per heavy atom. The molecule has 15 heavy (non-hydrogen) atoms. The summed E-state index contributed by atoms with van der Waals surface area (Å²) < 4.78 is 1.39. The van der Waals surface area contributed by atoms with Crippen LogP contribution < -0.4 is 0 Å². The average molecular weight is 244 g/mol. The molecule has 0 aliphatic carbocycles. The molecule has 0 unspecified atom stereocenters.